The van der Waals surface area contributed by atoms with Crippen LogP contribution in [0.25, 0.3) is 0 Å². The summed E-state index contributed by atoms with van der Waals surface area (Å²) in [7, 11) is 0. The first-order valence-corrected chi connectivity index (χ1v) is 7.89. The van der Waals surface area contributed by atoms with E-state index in [2.05, 4.69) is 5.32 Å². The lowest BCUT2D eigenvalue weighted by Gasteiger charge is -2.21. The lowest BCUT2D eigenvalue weighted by atomic mass is 9.92. The van der Waals surface area contributed by atoms with Crippen molar-refractivity contribution < 1.29 is 9.13 Å². The second kappa shape index (κ2) is 6.68. The average molecular weight is 277 g/mol. The van der Waals surface area contributed by atoms with Crippen LogP contribution in [-0.4, -0.2) is 25.3 Å². The van der Waals surface area contributed by atoms with Crippen LogP contribution in [0.1, 0.15) is 37.7 Å². The normalized spacial score (nSPS) is 23.9. The van der Waals surface area contributed by atoms with Gasteiger partial charge in [-0.05, 0) is 68.7 Å². The van der Waals surface area contributed by atoms with E-state index in [1.807, 2.05) is 12.1 Å². The predicted octanol–water partition coefficient (Wildman–Crippen LogP) is 3.31. The molecule has 0 bridgehead atoms. The van der Waals surface area contributed by atoms with Gasteiger partial charge in [0.1, 0.15) is 5.82 Å². The zero-order valence-electron chi connectivity index (χ0n) is 12.0. The van der Waals surface area contributed by atoms with Gasteiger partial charge in [-0.1, -0.05) is 12.1 Å². The standard InChI is InChI=1S/C17H24FNO/c18-15-4-1-3-13(10-15)9-14(12-19-16-6-7-16)11-17-5-2-8-20-17/h1,3-4,10,14,16-17,19H,2,5-9,11-12H2. The monoisotopic (exact) mass is 277 g/mol. The number of rotatable bonds is 7. The minimum absolute atomic E-state index is 0.131. The largest absolute Gasteiger partial charge is 0.378 e. The zero-order valence-corrected chi connectivity index (χ0v) is 12.0. The number of hydrogen-bond acceptors (Lipinski definition) is 2. The number of hydrogen-bond donors (Lipinski definition) is 1. The first-order valence-electron chi connectivity index (χ1n) is 7.89. The first-order chi connectivity index (χ1) is 9.79. The summed E-state index contributed by atoms with van der Waals surface area (Å²) in [5, 5.41) is 3.62. The molecule has 0 radical (unpaired) electrons. The number of nitrogens with one attached hydrogen (secondary N) is 1. The van der Waals surface area contributed by atoms with E-state index in [-0.39, 0.29) is 5.82 Å². The van der Waals surface area contributed by atoms with Crippen LogP contribution in [0.3, 0.4) is 0 Å². The van der Waals surface area contributed by atoms with E-state index in [1.54, 1.807) is 6.07 Å². The maximum atomic E-state index is 13.3. The van der Waals surface area contributed by atoms with Crippen LogP contribution >= 0.6 is 0 Å². The van der Waals surface area contributed by atoms with Crippen molar-refractivity contribution in [3.05, 3.63) is 35.6 Å². The van der Waals surface area contributed by atoms with Crippen molar-refractivity contribution in [3.63, 3.8) is 0 Å². The molecule has 0 aromatic heterocycles. The van der Waals surface area contributed by atoms with Gasteiger partial charge in [-0.2, -0.15) is 0 Å². The molecule has 1 saturated heterocycles. The minimum Gasteiger partial charge on any atom is -0.378 e. The molecule has 2 nitrogen and oxygen atoms in total. The van der Waals surface area contributed by atoms with Crippen LogP contribution in [0.15, 0.2) is 24.3 Å². The molecule has 20 heavy (non-hydrogen) atoms. The Morgan fingerprint density at radius 3 is 2.90 bits per heavy atom. The molecule has 0 amide bonds. The summed E-state index contributed by atoms with van der Waals surface area (Å²) in [5.41, 5.74) is 1.10. The van der Waals surface area contributed by atoms with Crippen molar-refractivity contribution in [2.75, 3.05) is 13.2 Å². The summed E-state index contributed by atoms with van der Waals surface area (Å²) >= 11 is 0. The molecule has 0 spiro atoms. The van der Waals surface area contributed by atoms with Crippen LogP contribution in [-0.2, 0) is 11.2 Å². The average Bonchev–Trinajstić information content (AvgIpc) is 3.12. The molecule has 1 aromatic carbocycles. The van der Waals surface area contributed by atoms with Gasteiger partial charge in [0.2, 0.25) is 0 Å². The van der Waals surface area contributed by atoms with Gasteiger partial charge < -0.3 is 10.1 Å². The van der Waals surface area contributed by atoms with Gasteiger partial charge in [0.05, 0.1) is 6.10 Å². The van der Waals surface area contributed by atoms with E-state index in [1.165, 1.54) is 31.7 Å². The molecule has 2 aliphatic rings. The lowest BCUT2D eigenvalue weighted by molar-refractivity contribution is 0.0892. The molecule has 1 aromatic rings. The quantitative estimate of drug-likeness (QED) is 0.825. The van der Waals surface area contributed by atoms with Gasteiger partial charge in [-0.3, -0.25) is 0 Å². The highest BCUT2D eigenvalue weighted by molar-refractivity contribution is 5.17. The highest BCUT2D eigenvalue weighted by Gasteiger charge is 2.25. The van der Waals surface area contributed by atoms with Crippen LogP contribution in [0.5, 0.6) is 0 Å². The van der Waals surface area contributed by atoms with E-state index in [0.29, 0.717) is 12.0 Å². The zero-order chi connectivity index (χ0) is 13.8. The Morgan fingerprint density at radius 1 is 1.30 bits per heavy atom. The molecular weight excluding hydrogens is 253 g/mol. The molecule has 110 valence electrons. The third kappa shape index (κ3) is 4.29. The summed E-state index contributed by atoms with van der Waals surface area (Å²) in [6.45, 7) is 1.94. The minimum atomic E-state index is -0.131. The summed E-state index contributed by atoms with van der Waals surface area (Å²) in [5.74, 6) is 0.411. The Balaban J connectivity index is 1.57. The van der Waals surface area contributed by atoms with Gasteiger partial charge in [-0.25, -0.2) is 4.39 Å². The second-order valence-corrected chi connectivity index (χ2v) is 6.25. The summed E-state index contributed by atoms with van der Waals surface area (Å²) in [6, 6.07) is 7.75. The third-order valence-electron chi connectivity index (χ3n) is 4.31. The molecule has 1 heterocycles. The summed E-state index contributed by atoms with van der Waals surface area (Å²) in [6.07, 6.45) is 7.44. The van der Waals surface area contributed by atoms with Crippen LogP contribution in [0, 0.1) is 11.7 Å². The molecule has 2 fully saturated rings. The van der Waals surface area contributed by atoms with Crippen molar-refractivity contribution in [3.8, 4) is 0 Å². The fourth-order valence-electron chi connectivity index (χ4n) is 3.06. The topological polar surface area (TPSA) is 21.3 Å². The molecule has 1 saturated carbocycles. The second-order valence-electron chi connectivity index (χ2n) is 6.25. The van der Waals surface area contributed by atoms with E-state index >= 15 is 0 Å². The van der Waals surface area contributed by atoms with Crippen molar-refractivity contribution in [2.45, 2.75) is 50.7 Å². The van der Waals surface area contributed by atoms with Crippen LogP contribution in [0.4, 0.5) is 4.39 Å². The van der Waals surface area contributed by atoms with E-state index in [4.69, 9.17) is 4.74 Å². The number of ether oxygens (including phenoxy) is 1. The fourth-order valence-corrected chi connectivity index (χ4v) is 3.06. The molecule has 2 atom stereocenters. The highest BCUT2D eigenvalue weighted by Crippen LogP contribution is 2.24. The maximum absolute atomic E-state index is 13.3. The Labute approximate surface area is 120 Å². The fraction of sp³-hybridized carbons (Fsp3) is 0.647. The van der Waals surface area contributed by atoms with Crippen LogP contribution in [0.2, 0.25) is 0 Å². The molecular formula is C17H24FNO. The SMILES string of the molecule is Fc1cccc(CC(CNC2CC2)CC2CCCO2)c1. The Morgan fingerprint density at radius 2 is 2.20 bits per heavy atom. The third-order valence-corrected chi connectivity index (χ3v) is 4.31. The van der Waals surface area contributed by atoms with Gasteiger partial charge in [0, 0.05) is 12.6 Å². The molecule has 3 heteroatoms. The Hall–Kier alpha value is -0.930. The van der Waals surface area contributed by atoms with Crippen molar-refractivity contribution in [1.82, 2.24) is 5.32 Å². The first kappa shape index (κ1) is 14.0. The van der Waals surface area contributed by atoms with E-state index in [0.717, 1.165) is 37.6 Å². The van der Waals surface area contributed by atoms with Crippen molar-refractivity contribution in [2.24, 2.45) is 5.92 Å². The number of halogens is 1. The van der Waals surface area contributed by atoms with E-state index in [9.17, 15) is 4.39 Å². The van der Waals surface area contributed by atoms with Crippen LogP contribution < -0.4 is 5.32 Å². The summed E-state index contributed by atoms with van der Waals surface area (Å²) < 4.78 is 19.1. The molecule has 3 rings (SSSR count). The molecule has 1 aliphatic heterocycles. The van der Waals surface area contributed by atoms with Gasteiger partial charge in [0.25, 0.3) is 0 Å². The van der Waals surface area contributed by atoms with Crippen molar-refractivity contribution in [1.29, 1.82) is 0 Å². The summed E-state index contributed by atoms with van der Waals surface area (Å²) in [4.78, 5) is 0. The Bertz CT molecular complexity index is 427. The smallest absolute Gasteiger partial charge is 0.123 e. The number of benzene rings is 1. The van der Waals surface area contributed by atoms with Crippen molar-refractivity contribution >= 4 is 0 Å². The predicted molar refractivity (Wildman–Crippen MR) is 78.2 cm³/mol. The Kier molecular flexibility index (Phi) is 4.69. The van der Waals surface area contributed by atoms with Gasteiger partial charge >= 0.3 is 0 Å². The molecule has 1 aliphatic carbocycles. The lowest BCUT2D eigenvalue weighted by Crippen LogP contribution is -2.28. The van der Waals surface area contributed by atoms with E-state index < -0.39 is 0 Å². The van der Waals surface area contributed by atoms with Gasteiger partial charge in [-0.15, -0.1) is 0 Å². The molecule has 2 unspecified atom stereocenters. The molecule has 1 N–H and O–H groups in total. The maximum Gasteiger partial charge on any atom is 0.123 e. The highest BCUT2D eigenvalue weighted by atomic mass is 19.1. The van der Waals surface area contributed by atoms with Gasteiger partial charge in [0.15, 0.2) is 0 Å².